The number of ketones is 1. The first-order valence-electron chi connectivity index (χ1n) is 5.19. The van der Waals surface area contributed by atoms with Crippen LogP contribution in [-0.4, -0.2) is 35.5 Å². The number of amides is 1. The number of ether oxygens (including phenoxy) is 1. The van der Waals surface area contributed by atoms with E-state index >= 15 is 0 Å². The first-order valence-corrected chi connectivity index (χ1v) is 5.19. The van der Waals surface area contributed by atoms with Crippen molar-refractivity contribution in [2.24, 2.45) is 0 Å². The maximum Gasteiger partial charge on any atom is 0.410 e. The van der Waals surface area contributed by atoms with Gasteiger partial charge in [-0.05, 0) is 19.3 Å². The van der Waals surface area contributed by atoms with Crippen molar-refractivity contribution < 1.29 is 14.3 Å². The maximum atomic E-state index is 11.5. The van der Waals surface area contributed by atoms with E-state index in [1.807, 2.05) is 0 Å². The summed E-state index contributed by atoms with van der Waals surface area (Å²) in [7, 11) is 0. The zero-order valence-electron chi connectivity index (χ0n) is 8.41. The van der Waals surface area contributed by atoms with Crippen LogP contribution in [0.25, 0.3) is 0 Å². The van der Waals surface area contributed by atoms with Crippen LogP contribution in [0.2, 0.25) is 0 Å². The summed E-state index contributed by atoms with van der Waals surface area (Å²) in [5.41, 5.74) is -0.735. The lowest BCUT2D eigenvalue weighted by atomic mass is 10.1. The van der Waals surface area contributed by atoms with Crippen molar-refractivity contribution in [1.82, 2.24) is 4.90 Å². The van der Waals surface area contributed by atoms with Crippen LogP contribution in [0.15, 0.2) is 0 Å². The average molecular weight is 197 g/mol. The molecule has 0 unspecified atom stereocenters. The van der Waals surface area contributed by atoms with Crippen LogP contribution in [0, 0.1) is 0 Å². The van der Waals surface area contributed by atoms with E-state index in [1.165, 1.54) is 0 Å². The van der Waals surface area contributed by atoms with Gasteiger partial charge < -0.3 is 9.64 Å². The molecule has 4 nitrogen and oxygen atoms in total. The molecule has 14 heavy (non-hydrogen) atoms. The van der Waals surface area contributed by atoms with Gasteiger partial charge in [0, 0.05) is 19.5 Å². The SMILES string of the molecule is CCC(=O)C1(OC(=O)N2CCC2)CC1. The van der Waals surface area contributed by atoms with Crippen molar-refractivity contribution in [3.8, 4) is 0 Å². The molecule has 0 atom stereocenters. The van der Waals surface area contributed by atoms with E-state index in [0.717, 1.165) is 19.5 Å². The van der Waals surface area contributed by atoms with Gasteiger partial charge in [-0.2, -0.15) is 0 Å². The zero-order chi connectivity index (χ0) is 10.2. The number of nitrogens with zero attached hydrogens (tertiary/aromatic N) is 1. The quantitative estimate of drug-likeness (QED) is 0.686. The minimum atomic E-state index is -0.735. The molecule has 0 spiro atoms. The Bertz CT molecular complexity index is 267. The third-order valence-corrected chi connectivity index (χ3v) is 2.93. The van der Waals surface area contributed by atoms with Gasteiger partial charge >= 0.3 is 6.09 Å². The van der Waals surface area contributed by atoms with E-state index in [1.54, 1.807) is 11.8 Å². The summed E-state index contributed by atoms with van der Waals surface area (Å²) in [5, 5.41) is 0. The van der Waals surface area contributed by atoms with Gasteiger partial charge in [0.15, 0.2) is 11.4 Å². The van der Waals surface area contributed by atoms with Crippen molar-refractivity contribution in [2.45, 2.75) is 38.2 Å². The number of hydrogen-bond donors (Lipinski definition) is 0. The number of rotatable bonds is 3. The first kappa shape index (κ1) is 9.49. The molecule has 1 amide bonds. The monoisotopic (exact) mass is 197 g/mol. The Hall–Kier alpha value is -1.06. The highest BCUT2D eigenvalue weighted by Crippen LogP contribution is 2.41. The van der Waals surface area contributed by atoms with Crippen LogP contribution < -0.4 is 0 Å². The minimum absolute atomic E-state index is 0.0615. The molecular weight excluding hydrogens is 182 g/mol. The molecule has 4 heteroatoms. The highest BCUT2D eigenvalue weighted by Gasteiger charge is 2.53. The van der Waals surface area contributed by atoms with Gasteiger partial charge in [0.2, 0.25) is 0 Å². The van der Waals surface area contributed by atoms with Gasteiger partial charge in [-0.1, -0.05) is 6.92 Å². The van der Waals surface area contributed by atoms with Gasteiger partial charge in [0.05, 0.1) is 0 Å². The molecule has 1 aliphatic carbocycles. The molecule has 2 aliphatic rings. The van der Waals surface area contributed by atoms with Crippen LogP contribution in [-0.2, 0) is 9.53 Å². The summed E-state index contributed by atoms with van der Waals surface area (Å²) >= 11 is 0. The summed E-state index contributed by atoms with van der Waals surface area (Å²) < 4.78 is 5.24. The van der Waals surface area contributed by atoms with Crippen LogP contribution >= 0.6 is 0 Å². The smallest absolute Gasteiger partial charge is 0.410 e. The second-order valence-corrected chi connectivity index (χ2v) is 3.98. The van der Waals surface area contributed by atoms with Gasteiger partial charge in [0.25, 0.3) is 0 Å². The van der Waals surface area contributed by atoms with E-state index < -0.39 is 5.60 Å². The third kappa shape index (κ3) is 1.49. The molecule has 0 bridgehead atoms. The highest BCUT2D eigenvalue weighted by molar-refractivity contribution is 5.92. The summed E-state index contributed by atoms with van der Waals surface area (Å²) in [6.45, 7) is 3.35. The Morgan fingerprint density at radius 2 is 2.00 bits per heavy atom. The second-order valence-electron chi connectivity index (χ2n) is 3.98. The van der Waals surface area contributed by atoms with Crippen molar-refractivity contribution in [1.29, 1.82) is 0 Å². The summed E-state index contributed by atoms with van der Waals surface area (Å²) in [5.74, 6) is 0.0615. The predicted molar refractivity (Wildman–Crippen MR) is 49.9 cm³/mol. The molecule has 0 radical (unpaired) electrons. The Morgan fingerprint density at radius 3 is 2.36 bits per heavy atom. The van der Waals surface area contributed by atoms with Crippen molar-refractivity contribution in [2.75, 3.05) is 13.1 Å². The Morgan fingerprint density at radius 1 is 1.36 bits per heavy atom. The molecule has 1 heterocycles. The Kier molecular flexibility index (Phi) is 2.21. The molecule has 0 N–H and O–H groups in total. The fourth-order valence-electron chi connectivity index (χ4n) is 1.60. The standard InChI is InChI=1S/C10H15NO3/c1-2-8(12)10(4-5-10)14-9(13)11-6-3-7-11/h2-7H2,1H3. The second kappa shape index (κ2) is 3.26. The van der Waals surface area contributed by atoms with Gasteiger partial charge in [0.1, 0.15) is 0 Å². The number of likely N-dealkylation sites (tertiary alicyclic amines) is 1. The molecule has 0 aromatic carbocycles. The molecular formula is C10H15NO3. The number of carbonyl (C=O) groups is 2. The topological polar surface area (TPSA) is 46.6 Å². The van der Waals surface area contributed by atoms with Gasteiger partial charge in [-0.3, -0.25) is 4.79 Å². The van der Waals surface area contributed by atoms with E-state index in [4.69, 9.17) is 4.74 Å². The fraction of sp³-hybridized carbons (Fsp3) is 0.800. The Balaban J connectivity index is 1.90. The number of Topliss-reactive ketones (excluding diaryl/α,β-unsaturated/α-hetero) is 1. The van der Waals surface area contributed by atoms with Crippen molar-refractivity contribution in [3.05, 3.63) is 0 Å². The predicted octanol–water partition coefficient (Wildman–Crippen LogP) is 1.34. The Labute approximate surface area is 83.2 Å². The summed E-state index contributed by atoms with van der Waals surface area (Å²) in [6.07, 6.45) is 2.60. The molecule has 0 aromatic heterocycles. The zero-order valence-corrected chi connectivity index (χ0v) is 8.41. The molecule has 1 saturated heterocycles. The average Bonchev–Trinajstić information content (AvgIpc) is 2.81. The van der Waals surface area contributed by atoms with E-state index in [9.17, 15) is 9.59 Å². The van der Waals surface area contributed by atoms with E-state index in [-0.39, 0.29) is 11.9 Å². The van der Waals surface area contributed by atoms with Crippen LogP contribution in [0.5, 0.6) is 0 Å². The minimum Gasteiger partial charge on any atom is -0.435 e. The van der Waals surface area contributed by atoms with Gasteiger partial charge in [-0.15, -0.1) is 0 Å². The van der Waals surface area contributed by atoms with Crippen LogP contribution in [0.1, 0.15) is 32.6 Å². The van der Waals surface area contributed by atoms with Crippen LogP contribution in [0.4, 0.5) is 4.79 Å². The highest BCUT2D eigenvalue weighted by atomic mass is 16.6. The van der Waals surface area contributed by atoms with Crippen LogP contribution in [0.3, 0.4) is 0 Å². The first-order chi connectivity index (χ1) is 6.68. The number of carbonyl (C=O) groups excluding carboxylic acids is 2. The van der Waals surface area contributed by atoms with Crippen molar-refractivity contribution in [3.63, 3.8) is 0 Å². The van der Waals surface area contributed by atoms with Gasteiger partial charge in [-0.25, -0.2) is 4.79 Å². The third-order valence-electron chi connectivity index (χ3n) is 2.93. The van der Waals surface area contributed by atoms with E-state index in [2.05, 4.69) is 0 Å². The lowest BCUT2D eigenvalue weighted by Gasteiger charge is -2.31. The number of hydrogen-bond acceptors (Lipinski definition) is 3. The molecule has 2 fully saturated rings. The molecule has 1 aliphatic heterocycles. The fourth-order valence-corrected chi connectivity index (χ4v) is 1.60. The maximum absolute atomic E-state index is 11.5. The van der Waals surface area contributed by atoms with Crippen molar-refractivity contribution >= 4 is 11.9 Å². The molecule has 78 valence electrons. The molecule has 2 rings (SSSR count). The largest absolute Gasteiger partial charge is 0.435 e. The van der Waals surface area contributed by atoms with E-state index in [0.29, 0.717) is 19.3 Å². The lowest BCUT2D eigenvalue weighted by molar-refractivity contribution is -0.130. The molecule has 0 aromatic rings. The normalized spacial score (nSPS) is 22.5. The summed E-state index contributed by atoms with van der Waals surface area (Å²) in [4.78, 5) is 24.6. The summed E-state index contributed by atoms with van der Waals surface area (Å²) in [6, 6.07) is 0. The molecule has 1 saturated carbocycles. The lowest BCUT2D eigenvalue weighted by Crippen LogP contribution is -2.45.